The molecule has 5 nitrogen and oxygen atoms in total. The van der Waals surface area contributed by atoms with Crippen LogP contribution in [0.25, 0.3) is 0 Å². The van der Waals surface area contributed by atoms with Gasteiger partial charge < -0.3 is 10.2 Å². The molecular formula is C15H23N3O2S. The van der Waals surface area contributed by atoms with Gasteiger partial charge in [0.25, 0.3) is 0 Å². The van der Waals surface area contributed by atoms with E-state index in [1.54, 1.807) is 30.1 Å². The maximum absolute atomic E-state index is 12.6. The number of aryl methyl sites for hydroxylation is 1. The summed E-state index contributed by atoms with van der Waals surface area (Å²) in [5.74, 6) is 0.00192. The lowest BCUT2D eigenvalue weighted by atomic mass is 9.91. The van der Waals surface area contributed by atoms with E-state index >= 15 is 0 Å². The number of nitrogens with zero attached hydrogens (tertiary/aromatic N) is 2. The molecule has 1 fully saturated rings. The Labute approximate surface area is 129 Å². The molecule has 2 heterocycles. The molecule has 1 aromatic heterocycles. The minimum atomic E-state index is -0.832. The normalized spacial score (nSPS) is 21.8. The quantitative estimate of drug-likeness (QED) is 0.922. The second kappa shape index (κ2) is 5.75. The van der Waals surface area contributed by atoms with Crippen molar-refractivity contribution in [3.05, 3.63) is 16.1 Å². The van der Waals surface area contributed by atoms with Crippen LogP contribution in [0.2, 0.25) is 0 Å². The fraction of sp³-hybridized carbons (Fsp3) is 0.667. The molecule has 0 radical (unpaired) electrons. The molecule has 0 aromatic carbocycles. The summed E-state index contributed by atoms with van der Waals surface area (Å²) >= 11 is 1.60. The molecule has 1 atom stereocenters. The number of hydrogen-bond acceptors (Lipinski definition) is 4. The number of hydrogen-bond donors (Lipinski definition) is 1. The van der Waals surface area contributed by atoms with Gasteiger partial charge in [-0.1, -0.05) is 13.8 Å². The molecule has 0 aliphatic carbocycles. The molecule has 0 spiro atoms. The lowest BCUT2D eigenvalue weighted by Crippen LogP contribution is -2.69. The van der Waals surface area contributed by atoms with Crippen molar-refractivity contribution < 1.29 is 9.59 Å². The van der Waals surface area contributed by atoms with Gasteiger partial charge in [-0.25, -0.2) is 4.98 Å². The van der Waals surface area contributed by atoms with Crippen molar-refractivity contribution in [3.8, 4) is 0 Å². The van der Waals surface area contributed by atoms with Crippen LogP contribution >= 0.6 is 11.3 Å². The van der Waals surface area contributed by atoms with E-state index in [1.807, 2.05) is 26.2 Å². The minimum absolute atomic E-state index is 0.0194. The summed E-state index contributed by atoms with van der Waals surface area (Å²) in [7, 11) is 0. The third-order valence-corrected chi connectivity index (χ3v) is 4.73. The summed E-state index contributed by atoms with van der Waals surface area (Å²) in [6, 6.07) is -0.397. The van der Waals surface area contributed by atoms with Crippen LogP contribution in [-0.2, 0) is 16.0 Å². The molecule has 0 saturated carbocycles. The van der Waals surface area contributed by atoms with Crippen molar-refractivity contribution in [1.82, 2.24) is 15.2 Å². The molecule has 6 heteroatoms. The van der Waals surface area contributed by atoms with Gasteiger partial charge in [0.1, 0.15) is 11.6 Å². The standard InChI is InChI=1S/C15H23N3O2S/c1-9(2)12-13(19)17-15(4,5)14(20)18(12)7-6-11-16-10(3)8-21-11/h8-9,12H,6-7H2,1-5H3,(H,17,19). The average Bonchev–Trinajstić information content (AvgIpc) is 2.76. The van der Waals surface area contributed by atoms with Crippen LogP contribution in [0.15, 0.2) is 5.38 Å². The summed E-state index contributed by atoms with van der Waals surface area (Å²) in [6.45, 7) is 9.94. The van der Waals surface area contributed by atoms with Gasteiger partial charge in [0, 0.05) is 24.0 Å². The smallest absolute Gasteiger partial charge is 0.248 e. The number of rotatable bonds is 4. The van der Waals surface area contributed by atoms with Gasteiger partial charge in [-0.05, 0) is 26.7 Å². The molecule has 1 saturated heterocycles. The van der Waals surface area contributed by atoms with E-state index in [0.717, 1.165) is 10.7 Å². The first-order valence-electron chi connectivity index (χ1n) is 7.26. The van der Waals surface area contributed by atoms with Crippen molar-refractivity contribution in [2.24, 2.45) is 5.92 Å². The van der Waals surface area contributed by atoms with Gasteiger partial charge >= 0.3 is 0 Å². The van der Waals surface area contributed by atoms with Crippen molar-refractivity contribution in [3.63, 3.8) is 0 Å². The van der Waals surface area contributed by atoms with E-state index in [-0.39, 0.29) is 17.7 Å². The molecule has 1 N–H and O–H groups in total. The van der Waals surface area contributed by atoms with E-state index in [4.69, 9.17) is 0 Å². The molecule has 1 aliphatic heterocycles. The summed E-state index contributed by atoms with van der Waals surface area (Å²) in [6.07, 6.45) is 0.691. The Hall–Kier alpha value is -1.43. The summed E-state index contributed by atoms with van der Waals surface area (Å²) in [5, 5.41) is 5.84. The van der Waals surface area contributed by atoms with Crippen LogP contribution in [0.3, 0.4) is 0 Å². The lowest BCUT2D eigenvalue weighted by Gasteiger charge is -2.44. The summed E-state index contributed by atoms with van der Waals surface area (Å²) < 4.78 is 0. The molecule has 2 amide bonds. The van der Waals surface area contributed by atoms with Crippen LogP contribution in [0, 0.1) is 12.8 Å². The number of amides is 2. The van der Waals surface area contributed by atoms with Crippen LogP contribution in [0.5, 0.6) is 0 Å². The molecule has 116 valence electrons. The minimum Gasteiger partial charge on any atom is -0.340 e. The van der Waals surface area contributed by atoms with Gasteiger partial charge in [-0.15, -0.1) is 11.3 Å². The SMILES string of the molecule is Cc1csc(CCN2C(=O)C(C)(C)NC(=O)C2C(C)C)n1. The first kappa shape index (κ1) is 15.9. The topological polar surface area (TPSA) is 62.3 Å². The molecular weight excluding hydrogens is 286 g/mol. The van der Waals surface area contributed by atoms with E-state index in [9.17, 15) is 9.59 Å². The number of nitrogens with one attached hydrogen (secondary N) is 1. The molecule has 1 aromatic rings. The van der Waals surface area contributed by atoms with Crippen molar-refractivity contribution in [1.29, 1.82) is 0 Å². The monoisotopic (exact) mass is 309 g/mol. The predicted octanol–water partition coefficient (Wildman–Crippen LogP) is 1.76. The zero-order valence-electron chi connectivity index (χ0n) is 13.3. The van der Waals surface area contributed by atoms with Gasteiger partial charge in [0.05, 0.1) is 5.01 Å². The van der Waals surface area contributed by atoms with Crippen LogP contribution in [-0.4, -0.2) is 39.8 Å². The highest BCUT2D eigenvalue weighted by molar-refractivity contribution is 7.09. The third-order valence-electron chi connectivity index (χ3n) is 3.70. The van der Waals surface area contributed by atoms with Crippen molar-refractivity contribution in [2.45, 2.75) is 52.6 Å². The zero-order valence-corrected chi connectivity index (χ0v) is 14.1. The maximum atomic E-state index is 12.6. The number of thiazole rings is 1. The van der Waals surface area contributed by atoms with Crippen molar-refractivity contribution >= 4 is 23.2 Å². The Morgan fingerprint density at radius 1 is 1.43 bits per heavy atom. The van der Waals surface area contributed by atoms with E-state index in [0.29, 0.717) is 13.0 Å². The van der Waals surface area contributed by atoms with Gasteiger partial charge in [-0.2, -0.15) is 0 Å². The van der Waals surface area contributed by atoms with Crippen LogP contribution in [0.1, 0.15) is 38.4 Å². The predicted molar refractivity (Wildman–Crippen MR) is 83.1 cm³/mol. The third kappa shape index (κ3) is 3.26. The van der Waals surface area contributed by atoms with E-state index in [1.165, 1.54) is 0 Å². The molecule has 1 unspecified atom stereocenters. The summed E-state index contributed by atoms with van der Waals surface area (Å²) in [5.41, 5.74) is 0.166. The van der Waals surface area contributed by atoms with E-state index in [2.05, 4.69) is 10.3 Å². The van der Waals surface area contributed by atoms with Gasteiger partial charge in [0.2, 0.25) is 11.8 Å². The Balaban J connectivity index is 2.18. The molecule has 2 rings (SSSR count). The molecule has 21 heavy (non-hydrogen) atoms. The lowest BCUT2D eigenvalue weighted by molar-refractivity contribution is -0.155. The summed E-state index contributed by atoms with van der Waals surface area (Å²) in [4.78, 5) is 31.1. The fourth-order valence-electron chi connectivity index (χ4n) is 2.70. The van der Waals surface area contributed by atoms with Crippen LogP contribution < -0.4 is 5.32 Å². The second-order valence-corrected chi connectivity index (χ2v) is 7.38. The highest BCUT2D eigenvalue weighted by Crippen LogP contribution is 2.23. The molecule has 0 bridgehead atoms. The Bertz CT molecular complexity index is 551. The first-order valence-corrected chi connectivity index (χ1v) is 8.14. The number of carbonyl (C=O) groups excluding carboxylic acids is 2. The second-order valence-electron chi connectivity index (χ2n) is 6.43. The average molecular weight is 309 g/mol. The largest absolute Gasteiger partial charge is 0.340 e. The Morgan fingerprint density at radius 3 is 2.62 bits per heavy atom. The highest BCUT2D eigenvalue weighted by atomic mass is 32.1. The maximum Gasteiger partial charge on any atom is 0.248 e. The van der Waals surface area contributed by atoms with Crippen LogP contribution in [0.4, 0.5) is 0 Å². The first-order chi connectivity index (χ1) is 9.72. The Kier molecular flexibility index (Phi) is 4.37. The number of piperazine rings is 1. The fourth-order valence-corrected chi connectivity index (χ4v) is 3.46. The van der Waals surface area contributed by atoms with E-state index < -0.39 is 11.6 Å². The van der Waals surface area contributed by atoms with Crippen molar-refractivity contribution in [2.75, 3.05) is 6.54 Å². The highest BCUT2D eigenvalue weighted by Gasteiger charge is 2.45. The number of carbonyl (C=O) groups is 2. The zero-order chi connectivity index (χ0) is 15.8. The Morgan fingerprint density at radius 2 is 2.10 bits per heavy atom. The number of aromatic nitrogens is 1. The molecule has 1 aliphatic rings. The van der Waals surface area contributed by atoms with Gasteiger partial charge in [-0.3, -0.25) is 9.59 Å². The van der Waals surface area contributed by atoms with Gasteiger partial charge in [0.15, 0.2) is 0 Å².